The van der Waals surface area contributed by atoms with Crippen LogP contribution in [0.15, 0.2) is 36.4 Å². The molecule has 0 aliphatic rings. The molecule has 2 aromatic rings. The van der Waals surface area contributed by atoms with Gasteiger partial charge in [0.2, 0.25) is 0 Å². The molecular formula is C17H15Cl2NO3. The normalized spacial score (nSPS) is 10.2. The third-order valence-corrected chi connectivity index (χ3v) is 3.66. The monoisotopic (exact) mass is 351 g/mol. The number of anilines is 1. The molecule has 4 nitrogen and oxygen atoms in total. The molecule has 2 rings (SSSR count). The Hall–Kier alpha value is -2.04. The Bertz CT molecular complexity index is 715. The SMILES string of the molecule is CCc1ccc(NC(=O)COc2c(Cl)cc(Cl)cc2C=O)cc1. The van der Waals surface area contributed by atoms with Gasteiger partial charge < -0.3 is 10.1 Å². The van der Waals surface area contributed by atoms with Crippen molar-refractivity contribution in [1.82, 2.24) is 0 Å². The molecule has 0 fully saturated rings. The number of amides is 1. The van der Waals surface area contributed by atoms with Gasteiger partial charge in [0.1, 0.15) is 5.75 Å². The Balaban J connectivity index is 2.00. The Morgan fingerprint density at radius 2 is 1.91 bits per heavy atom. The van der Waals surface area contributed by atoms with E-state index in [0.29, 0.717) is 17.0 Å². The number of carbonyl (C=O) groups is 2. The number of hydrogen-bond acceptors (Lipinski definition) is 3. The molecule has 0 spiro atoms. The number of halogens is 2. The molecule has 23 heavy (non-hydrogen) atoms. The van der Waals surface area contributed by atoms with Gasteiger partial charge in [-0.25, -0.2) is 0 Å². The largest absolute Gasteiger partial charge is 0.481 e. The Morgan fingerprint density at radius 1 is 1.22 bits per heavy atom. The average Bonchev–Trinajstić information content (AvgIpc) is 2.54. The Morgan fingerprint density at radius 3 is 2.52 bits per heavy atom. The molecule has 0 saturated carbocycles. The second-order valence-electron chi connectivity index (χ2n) is 4.81. The molecule has 0 aliphatic carbocycles. The molecule has 1 amide bonds. The first kappa shape index (κ1) is 17.3. The van der Waals surface area contributed by atoms with Crippen LogP contribution in [0.5, 0.6) is 5.75 Å². The number of aryl methyl sites for hydroxylation is 1. The average molecular weight is 352 g/mol. The van der Waals surface area contributed by atoms with E-state index >= 15 is 0 Å². The Labute approximate surface area is 144 Å². The minimum Gasteiger partial charge on any atom is -0.481 e. The summed E-state index contributed by atoms with van der Waals surface area (Å²) in [4.78, 5) is 23.0. The number of nitrogens with one attached hydrogen (secondary N) is 1. The van der Waals surface area contributed by atoms with E-state index in [1.807, 2.05) is 24.3 Å². The van der Waals surface area contributed by atoms with Crippen molar-refractivity contribution in [3.63, 3.8) is 0 Å². The predicted octanol–water partition coefficient (Wildman–Crippen LogP) is 4.39. The van der Waals surface area contributed by atoms with Crippen LogP contribution in [0.4, 0.5) is 5.69 Å². The van der Waals surface area contributed by atoms with Gasteiger partial charge in [0, 0.05) is 10.7 Å². The predicted molar refractivity (Wildman–Crippen MR) is 91.8 cm³/mol. The lowest BCUT2D eigenvalue weighted by molar-refractivity contribution is -0.118. The summed E-state index contributed by atoms with van der Waals surface area (Å²) in [7, 11) is 0. The standard InChI is InChI=1S/C17H15Cl2NO3/c1-2-11-3-5-14(6-4-11)20-16(22)10-23-17-12(9-21)7-13(18)8-15(17)19/h3-9H,2,10H2,1H3,(H,20,22). The fraction of sp³-hybridized carbons (Fsp3) is 0.176. The number of hydrogen-bond donors (Lipinski definition) is 1. The van der Waals surface area contributed by atoms with Crippen molar-refractivity contribution in [2.24, 2.45) is 0 Å². The van der Waals surface area contributed by atoms with Gasteiger partial charge in [-0.2, -0.15) is 0 Å². The highest BCUT2D eigenvalue weighted by Crippen LogP contribution is 2.31. The van der Waals surface area contributed by atoms with Gasteiger partial charge in [-0.1, -0.05) is 42.3 Å². The maximum atomic E-state index is 11.9. The van der Waals surface area contributed by atoms with Crippen LogP contribution in [0.2, 0.25) is 10.0 Å². The molecule has 0 saturated heterocycles. The highest BCUT2D eigenvalue weighted by Gasteiger charge is 2.12. The highest BCUT2D eigenvalue weighted by atomic mass is 35.5. The maximum Gasteiger partial charge on any atom is 0.262 e. The van der Waals surface area contributed by atoms with E-state index in [1.54, 1.807) is 0 Å². The van der Waals surface area contributed by atoms with Gasteiger partial charge in [-0.15, -0.1) is 0 Å². The topological polar surface area (TPSA) is 55.4 Å². The van der Waals surface area contributed by atoms with Crippen molar-refractivity contribution >= 4 is 41.1 Å². The smallest absolute Gasteiger partial charge is 0.262 e. The summed E-state index contributed by atoms with van der Waals surface area (Å²) in [6, 6.07) is 10.4. The van der Waals surface area contributed by atoms with E-state index < -0.39 is 0 Å². The zero-order valence-electron chi connectivity index (χ0n) is 12.4. The highest BCUT2D eigenvalue weighted by molar-refractivity contribution is 6.36. The van der Waals surface area contributed by atoms with Gasteiger partial charge >= 0.3 is 0 Å². The quantitative estimate of drug-likeness (QED) is 0.785. The van der Waals surface area contributed by atoms with Gasteiger partial charge in [0.05, 0.1) is 10.6 Å². The summed E-state index contributed by atoms with van der Waals surface area (Å²) in [6.45, 7) is 1.79. The second-order valence-corrected chi connectivity index (χ2v) is 5.65. The van der Waals surface area contributed by atoms with Crippen LogP contribution in [0.3, 0.4) is 0 Å². The molecule has 6 heteroatoms. The fourth-order valence-corrected chi connectivity index (χ4v) is 2.54. The van der Waals surface area contributed by atoms with Crippen LogP contribution in [0, 0.1) is 0 Å². The van der Waals surface area contributed by atoms with E-state index in [1.165, 1.54) is 17.7 Å². The van der Waals surface area contributed by atoms with E-state index in [-0.39, 0.29) is 28.8 Å². The summed E-state index contributed by atoms with van der Waals surface area (Å²) in [5.41, 5.74) is 2.05. The summed E-state index contributed by atoms with van der Waals surface area (Å²) in [6.07, 6.45) is 1.51. The van der Waals surface area contributed by atoms with Crippen LogP contribution in [-0.4, -0.2) is 18.8 Å². The van der Waals surface area contributed by atoms with Gasteiger partial charge in [0.25, 0.3) is 5.91 Å². The molecule has 1 N–H and O–H groups in total. The molecule has 0 heterocycles. The lowest BCUT2D eigenvalue weighted by Crippen LogP contribution is -2.20. The van der Waals surface area contributed by atoms with E-state index in [0.717, 1.165) is 6.42 Å². The van der Waals surface area contributed by atoms with Crippen molar-refractivity contribution in [1.29, 1.82) is 0 Å². The molecule has 0 aliphatic heterocycles. The molecule has 0 unspecified atom stereocenters. The maximum absolute atomic E-state index is 11.9. The number of benzene rings is 2. The summed E-state index contributed by atoms with van der Waals surface area (Å²) < 4.78 is 5.36. The zero-order chi connectivity index (χ0) is 16.8. The van der Waals surface area contributed by atoms with E-state index in [4.69, 9.17) is 27.9 Å². The first-order chi connectivity index (χ1) is 11.0. The van der Waals surface area contributed by atoms with Gasteiger partial charge in [-0.05, 0) is 36.2 Å². The van der Waals surface area contributed by atoms with Crippen molar-refractivity contribution in [2.75, 3.05) is 11.9 Å². The summed E-state index contributed by atoms with van der Waals surface area (Å²) >= 11 is 11.8. The lowest BCUT2D eigenvalue weighted by atomic mass is 10.1. The minimum atomic E-state index is -0.350. The minimum absolute atomic E-state index is 0.141. The van der Waals surface area contributed by atoms with Gasteiger partial charge in [-0.3, -0.25) is 9.59 Å². The van der Waals surface area contributed by atoms with Crippen LogP contribution >= 0.6 is 23.2 Å². The van der Waals surface area contributed by atoms with Crippen molar-refractivity contribution in [3.8, 4) is 5.75 Å². The van der Waals surface area contributed by atoms with Crippen LogP contribution in [0.25, 0.3) is 0 Å². The first-order valence-electron chi connectivity index (χ1n) is 6.99. The second kappa shape index (κ2) is 7.99. The summed E-state index contributed by atoms with van der Waals surface area (Å²) in [5.74, 6) is -0.209. The molecule has 0 bridgehead atoms. The molecular weight excluding hydrogens is 337 g/mol. The zero-order valence-corrected chi connectivity index (χ0v) is 13.9. The molecule has 120 valence electrons. The van der Waals surface area contributed by atoms with Crippen LogP contribution in [-0.2, 0) is 11.2 Å². The third-order valence-electron chi connectivity index (χ3n) is 3.16. The third kappa shape index (κ3) is 4.71. The van der Waals surface area contributed by atoms with E-state index in [9.17, 15) is 9.59 Å². The first-order valence-corrected chi connectivity index (χ1v) is 7.75. The molecule has 2 aromatic carbocycles. The van der Waals surface area contributed by atoms with Crippen molar-refractivity contribution in [2.45, 2.75) is 13.3 Å². The van der Waals surface area contributed by atoms with Crippen LogP contribution < -0.4 is 10.1 Å². The molecule has 0 aromatic heterocycles. The number of carbonyl (C=O) groups excluding carboxylic acids is 2. The fourth-order valence-electron chi connectivity index (χ4n) is 1.98. The number of rotatable bonds is 6. The number of ether oxygens (including phenoxy) is 1. The van der Waals surface area contributed by atoms with E-state index in [2.05, 4.69) is 12.2 Å². The van der Waals surface area contributed by atoms with Crippen molar-refractivity contribution in [3.05, 3.63) is 57.6 Å². The van der Waals surface area contributed by atoms with Crippen molar-refractivity contribution < 1.29 is 14.3 Å². The molecule has 0 radical (unpaired) electrons. The lowest BCUT2D eigenvalue weighted by Gasteiger charge is -2.11. The number of aldehydes is 1. The summed E-state index contributed by atoms with van der Waals surface area (Å²) in [5, 5.41) is 3.21. The molecule has 0 atom stereocenters. The Kier molecular flexibility index (Phi) is 6.02. The van der Waals surface area contributed by atoms with Gasteiger partial charge in [0.15, 0.2) is 12.9 Å². The van der Waals surface area contributed by atoms with Crippen LogP contribution in [0.1, 0.15) is 22.8 Å².